The van der Waals surface area contributed by atoms with Crippen LogP contribution >= 0.6 is 0 Å². The topological polar surface area (TPSA) is 32.3 Å². The van der Waals surface area contributed by atoms with Gasteiger partial charge in [-0.3, -0.25) is 0 Å². The smallest absolute Gasteiger partial charge is 0.0636 e. The minimum absolute atomic E-state index is 0.285. The number of rotatable bonds is 8. The van der Waals surface area contributed by atoms with Gasteiger partial charge in [0.25, 0.3) is 0 Å². The van der Waals surface area contributed by atoms with E-state index in [2.05, 4.69) is 36.5 Å². The van der Waals surface area contributed by atoms with Crippen molar-refractivity contribution in [3.8, 4) is 0 Å². The van der Waals surface area contributed by atoms with Gasteiger partial charge in [0, 0.05) is 12.6 Å². The van der Waals surface area contributed by atoms with Crippen LogP contribution in [0.5, 0.6) is 0 Å². The Morgan fingerprint density at radius 1 is 1.18 bits per heavy atom. The Bertz CT molecular complexity index is 284. The molecule has 0 aliphatic rings. The molecule has 2 nitrogen and oxygen atoms in total. The van der Waals surface area contributed by atoms with E-state index in [1.54, 1.807) is 0 Å². The molecule has 0 bridgehead atoms. The molecule has 17 heavy (non-hydrogen) atoms. The molecule has 0 fully saturated rings. The highest BCUT2D eigenvalue weighted by Gasteiger charge is 2.10. The van der Waals surface area contributed by atoms with E-state index in [-0.39, 0.29) is 6.10 Å². The van der Waals surface area contributed by atoms with Crippen molar-refractivity contribution in [1.29, 1.82) is 0 Å². The number of hydrogen-bond acceptors (Lipinski definition) is 2. The number of nitrogens with one attached hydrogen (secondary N) is 1. The SMILES string of the molecule is CCCCCC(NCC(C)O)c1ccccc1. The molecular weight excluding hydrogens is 210 g/mol. The predicted molar refractivity (Wildman–Crippen MR) is 73.0 cm³/mol. The molecule has 0 aliphatic heterocycles. The van der Waals surface area contributed by atoms with Crippen molar-refractivity contribution in [3.63, 3.8) is 0 Å². The van der Waals surface area contributed by atoms with E-state index in [1.807, 2.05) is 13.0 Å². The summed E-state index contributed by atoms with van der Waals surface area (Å²) in [7, 11) is 0. The Hall–Kier alpha value is -0.860. The molecule has 2 atom stereocenters. The minimum atomic E-state index is -0.285. The monoisotopic (exact) mass is 235 g/mol. The lowest BCUT2D eigenvalue weighted by atomic mass is 10.0. The summed E-state index contributed by atoms with van der Waals surface area (Å²) in [6.45, 7) is 4.70. The van der Waals surface area contributed by atoms with E-state index < -0.39 is 0 Å². The van der Waals surface area contributed by atoms with Crippen LogP contribution in [0.3, 0.4) is 0 Å². The van der Waals surface area contributed by atoms with Crippen molar-refractivity contribution in [2.75, 3.05) is 6.54 Å². The van der Waals surface area contributed by atoms with Crippen LogP contribution < -0.4 is 5.32 Å². The Labute approximate surface area is 105 Å². The van der Waals surface area contributed by atoms with Gasteiger partial charge in [0.15, 0.2) is 0 Å². The summed E-state index contributed by atoms with van der Waals surface area (Å²) in [5, 5.41) is 12.8. The number of hydrogen-bond donors (Lipinski definition) is 2. The summed E-state index contributed by atoms with van der Waals surface area (Å²) >= 11 is 0. The van der Waals surface area contributed by atoms with Crippen molar-refractivity contribution >= 4 is 0 Å². The molecule has 96 valence electrons. The fourth-order valence-corrected chi connectivity index (χ4v) is 1.98. The maximum absolute atomic E-state index is 9.36. The van der Waals surface area contributed by atoms with Crippen LogP contribution in [0.15, 0.2) is 30.3 Å². The number of benzene rings is 1. The van der Waals surface area contributed by atoms with Gasteiger partial charge in [-0.25, -0.2) is 0 Å². The van der Waals surface area contributed by atoms with Crippen molar-refractivity contribution in [2.24, 2.45) is 0 Å². The number of aliphatic hydroxyl groups is 1. The summed E-state index contributed by atoms with van der Waals surface area (Å²) in [6.07, 6.45) is 4.62. The van der Waals surface area contributed by atoms with Gasteiger partial charge in [0.1, 0.15) is 0 Å². The summed E-state index contributed by atoms with van der Waals surface area (Å²) in [5.41, 5.74) is 1.32. The lowest BCUT2D eigenvalue weighted by molar-refractivity contribution is 0.185. The second-order valence-corrected chi connectivity index (χ2v) is 4.72. The maximum Gasteiger partial charge on any atom is 0.0636 e. The average molecular weight is 235 g/mol. The summed E-state index contributed by atoms with van der Waals surface area (Å²) in [5.74, 6) is 0. The summed E-state index contributed by atoms with van der Waals surface area (Å²) < 4.78 is 0. The highest BCUT2D eigenvalue weighted by molar-refractivity contribution is 5.18. The molecule has 0 aliphatic carbocycles. The Morgan fingerprint density at radius 2 is 1.88 bits per heavy atom. The van der Waals surface area contributed by atoms with E-state index in [4.69, 9.17) is 0 Å². The van der Waals surface area contributed by atoms with E-state index >= 15 is 0 Å². The molecule has 1 aromatic carbocycles. The molecule has 0 amide bonds. The zero-order chi connectivity index (χ0) is 12.5. The van der Waals surface area contributed by atoms with Gasteiger partial charge in [0.05, 0.1) is 6.10 Å². The molecule has 0 heterocycles. The Morgan fingerprint density at radius 3 is 2.47 bits per heavy atom. The Kier molecular flexibility index (Phi) is 6.90. The largest absolute Gasteiger partial charge is 0.392 e. The lowest BCUT2D eigenvalue weighted by Gasteiger charge is -2.20. The van der Waals surface area contributed by atoms with Crippen LogP contribution in [0.2, 0.25) is 0 Å². The Balaban J connectivity index is 2.52. The van der Waals surface area contributed by atoms with E-state index in [0.717, 1.165) is 6.42 Å². The first-order valence-corrected chi connectivity index (χ1v) is 6.70. The van der Waals surface area contributed by atoms with Crippen molar-refractivity contribution < 1.29 is 5.11 Å². The van der Waals surface area contributed by atoms with Crippen LogP contribution in [0.1, 0.15) is 51.1 Å². The lowest BCUT2D eigenvalue weighted by Crippen LogP contribution is -2.28. The van der Waals surface area contributed by atoms with Crippen LogP contribution in [0, 0.1) is 0 Å². The van der Waals surface area contributed by atoms with Crippen molar-refractivity contribution in [3.05, 3.63) is 35.9 Å². The third-order valence-corrected chi connectivity index (χ3v) is 2.96. The van der Waals surface area contributed by atoms with Crippen LogP contribution in [0.4, 0.5) is 0 Å². The van der Waals surface area contributed by atoms with E-state index in [0.29, 0.717) is 12.6 Å². The van der Waals surface area contributed by atoms with Gasteiger partial charge in [-0.15, -0.1) is 0 Å². The van der Waals surface area contributed by atoms with Crippen LogP contribution in [0.25, 0.3) is 0 Å². The van der Waals surface area contributed by atoms with Gasteiger partial charge in [-0.05, 0) is 18.9 Å². The minimum Gasteiger partial charge on any atom is -0.392 e. The van der Waals surface area contributed by atoms with E-state index in [1.165, 1.54) is 24.8 Å². The molecule has 2 unspecified atom stereocenters. The van der Waals surface area contributed by atoms with Crippen molar-refractivity contribution in [1.82, 2.24) is 5.32 Å². The number of unbranched alkanes of at least 4 members (excludes halogenated alkanes) is 2. The fraction of sp³-hybridized carbons (Fsp3) is 0.600. The van der Waals surface area contributed by atoms with Gasteiger partial charge in [-0.1, -0.05) is 56.5 Å². The molecule has 0 radical (unpaired) electrons. The molecule has 1 aromatic rings. The van der Waals surface area contributed by atoms with Crippen LogP contribution in [-0.2, 0) is 0 Å². The maximum atomic E-state index is 9.36. The third-order valence-electron chi connectivity index (χ3n) is 2.96. The van der Waals surface area contributed by atoms with Gasteiger partial charge >= 0.3 is 0 Å². The first kappa shape index (κ1) is 14.2. The van der Waals surface area contributed by atoms with E-state index in [9.17, 15) is 5.11 Å². The first-order valence-electron chi connectivity index (χ1n) is 6.70. The molecule has 2 N–H and O–H groups in total. The molecular formula is C15H25NO. The molecule has 0 saturated carbocycles. The fourth-order valence-electron chi connectivity index (χ4n) is 1.98. The second kappa shape index (κ2) is 8.26. The first-order chi connectivity index (χ1) is 8.24. The molecule has 0 saturated heterocycles. The van der Waals surface area contributed by atoms with Crippen molar-refractivity contribution in [2.45, 2.75) is 51.7 Å². The summed E-state index contributed by atoms with van der Waals surface area (Å²) in [4.78, 5) is 0. The second-order valence-electron chi connectivity index (χ2n) is 4.72. The highest BCUT2D eigenvalue weighted by Crippen LogP contribution is 2.19. The number of aliphatic hydroxyl groups excluding tert-OH is 1. The predicted octanol–water partition coefficient (Wildman–Crippen LogP) is 3.28. The van der Waals surface area contributed by atoms with Gasteiger partial charge in [0.2, 0.25) is 0 Å². The molecule has 0 spiro atoms. The average Bonchev–Trinajstić information content (AvgIpc) is 2.34. The summed E-state index contributed by atoms with van der Waals surface area (Å²) in [6, 6.07) is 10.9. The molecule has 0 aromatic heterocycles. The highest BCUT2D eigenvalue weighted by atomic mass is 16.3. The quantitative estimate of drug-likeness (QED) is 0.678. The zero-order valence-corrected chi connectivity index (χ0v) is 11.0. The molecule has 1 rings (SSSR count). The standard InChI is InChI=1S/C15H25NO/c1-3-4-6-11-15(16-12-13(2)17)14-9-7-5-8-10-14/h5,7-10,13,15-17H,3-4,6,11-12H2,1-2H3. The third kappa shape index (κ3) is 5.85. The molecule has 2 heteroatoms. The van der Waals surface area contributed by atoms with Crippen LogP contribution in [-0.4, -0.2) is 17.8 Å². The normalized spacial score (nSPS) is 14.5. The zero-order valence-electron chi connectivity index (χ0n) is 11.0. The van der Waals surface area contributed by atoms with Gasteiger partial charge in [-0.2, -0.15) is 0 Å². The van der Waals surface area contributed by atoms with Gasteiger partial charge < -0.3 is 10.4 Å².